The maximum absolute atomic E-state index is 12.9. The maximum Gasteiger partial charge on any atom is 0.404 e. The highest BCUT2D eigenvalue weighted by molar-refractivity contribution is 6.05. The van der Waals surface area contributed by atoms with Crippen LogP contribution < -0.4 is 5.32 Å². The van der Waals surface area contributed by atoms with Crippen LogP contribution in [0.4, 0.5) is 13.2 Å². The van der Waals surface area contributed by atoms with Crippen LogP contribution in [0.15, 0.2) is 30.5 Å². The van der Waals surface area contributed by atoms with E-state index in [4.69, 9.17) is 0 Å². The van der Waals surface area contributed by atoms with Crippen LogP contribution in [0.25, 0.3) is 10.9 Å². The van der Waals surface area contributed by atoms with Crippen LogP contribution >= 0.6 is 0 Å². The fraction of sp³-hybridized carbons (Fsp3) is 0.438. The number of hydrogen-bond donors (Lipinski definition) is 2. The zero-order valence-electron chi connectivity index (χ0n) is 12.7. The van der Waals surface area contributed by atoms with Crippen molar-refractivity contribution in [2.45, 2.75) is 31.1 Å². The Kier molecular flexibility index (Phi) is 4.06. The molecule has 1 aromatic heterocycles. The van der Waals surface area contributed by atoms with Gasteiger partial charge in [-0.2, -0.15) is 13.2 Å². The van der Waals surface area contributed by atoms with Gasteiger partial charge in [0, 0.05) is 24.2 Å². The lowest BCUT2D eigenvalue weighted by molar-refractivity contribution is -0.188. The molecule has 0 bridgehead atoms. The van der Waals surface area contributed by atoms with Crippen LogP contribution in [0.5, 0.6) is 0 Å². The van der Waals surface area contributed by atoms with Crippen LogP contribution in [-0.4, -0.2) is 47.6 Å². The van der Waals surface area contributed by atoms with Gasteiger partial charge in [0.1, 0.15) is 6.04 Å². The molecule has 1 saturated heterocycles. The second-order valence-corrected chi connectivity index (χ2v) is 5.99. The summed E-state index contributed by atoms with van der Waals surface area (Å²) >= 11 is 0. The Morgan fingerprint density at radius 2 is 2.09 bits per heavy atom. The van der Waals surface area contributed by atoms with Gasteiger partial charge in [0.05, 0.1) is 11.1 Å². The topological polar surface area (TPSA) is 48.1 Å². The molecule has 1 aliphatic heterocycles. The van der Waals surface area contributed by atoms with Crippen LogP contribution in [0.1, 0.15) is 23.2 Å². The quantitative estimate of drug-likeness (QED) is 0.892. The minimum atomic E-state index is -4.22. The normalized spacial score (nSPS) is 23.1. The number of alkyl halides is 3. The highest BCUT2D eigenvalue weighted by Gasteiger charge is 2.44. The van der Waals surface area contributed by atoms with Crippen LogP contribution in [-0.2, 0) is 0 Å². The number of benzene rings is 1. The number of nitrogens with zero attached hydrogens (tertiary/aromatic N) is 1. The Labute approximate surface area is 131 Å². The number of rotatable bonds is 2. The summed E-state index contributed by atoms with van der Waals surface area (Å²) in [7, 11) is 1.45. The van der Waals surface area contributed by atoms with Gasteiger partial charge < -0.3 is 10.3 Å². The van der Waals surface area contributed by atoms with E-state index in [9.17, 15) is 18.0 Å². The van der Waals surface area contributed by atoms with Gasteiger partial charge in [0.2, 0.25) is 0 Å². The molecule has 4 nitrogen and oxygen atoms in total. The van der Waals surface area contributed by atoms with Gasteiger partial charge in [0.25, 0.3) is 5.91 Å². The van der Waals surface area contributed by atoms with Crippen molar-refractivity contribution in [2.75, 3.05) is 13.6 Å². The molecule has 1 amide bonds. The number of para-hydroxylation sites is 1. The fourth-order valence-corrected chi connectivity index (χ4v) is 3.21. The van der Waals surface area contributed by atoms with E-state index in [-0.39, 0.29) is 24.9 Å². The SMILES string of the molecule is CN1C[C@@H](NC(=O)c2cccc3cc[nH]c23)CC[C@@H]1C(F)(F)F. The number of halogens is 3. The zero-order valence-corrected chi connectivity index (χ0v) is 12.7. The molecule has 0 spiro atoms. The summed E-state index contributed by atoms with van der Waals surface area (Å²) in [6.45, 7) is 0.191. The molecule has 1 aliphatic rings. The number of piperidine rings is 1. The van der Waals surface area contributed by atoms with Crippen molar-refractivity contribution in [2.24, 2.45) is 0 Å². The number of carbonyl (C=O) groups is 1. The standard InChI is InChI=1S/C16H18F3N3O/c1-22-9-11(5-6-13(22)16(17,18)19)21-15(23)12-4-2-3-10-7-8-20-14(10)12/h2-4,7-8,11,13,20H,5-6,9H2,1H3,(H,21,23)/t11-,13+/m0/s1. The largest absolute Gasteiger partial charge is 0.404 e. The summed E-state index contributed by atoms with van der Waals surface area (Å²) in [6.07, 6.45) is -2.15. The van der Waals surface area contributed by atoms with E-state index in [0.29, 0.717) is 12.0 Å². The Morgan fingerprint density at radius 3 is 2.78 bits per heavy atom. The first-order chi connectivity index (χ1) is 10.9. The average molecular weight is 325 g/mol. The number of aromatic amines is 1. The molecule has 0 radical (unpaired) electrons. The van der Waals surface area contributed by atoms with Gasteiger partial charge in [-0.25, -0.2) is 0 Å². The van der Waals surface area contributed by atoms with Crippen LogP contribution in [0, 0.1) is 0 Å². The molecule has 2 aromatic rings. The maximum atomic E-state index is 12.9. The predicted molar refractivity (Wildman–Crippen MR) is 81.3 cm³/mol. The molecule has 23 heavy (non-hydrogen) atoms. The third-order valence-electron chi connectivity index (χ3n) is 4.37. The van der Waals surface area contributed by atoms with Crippen molar-refractivity contribution in [3.63, 3.8) is 0 Å². The van der Waals surface area contributed by atoms with Gasteiger partial charge in [-0.1, -0.05) is 12.1 Å². The lowest BCUT2D eigenvalue weighted by Crippen LogP contribution is -2.54. The van der Waals surface area contributed by atoms with Crippen LogP contribution in [0.2, 0.25) is 0 Å². The van der Waals surface area contributed by atoms with E-state index in [1.165, 1.54) is 11.9 Å². The van der Waals surface area contributed by atoms with Crippen molar-refractivity contribution in [3.05, 3.63) is 36.0 Å². The van der Waals surface area contributed by atoms with Crippen LogP contribution in [0.3, 0.4) is 0 Å². The summed E-state index contributed by atoms with van der Waals surface area (Å²) < 4.78 is 38.6. The zero-order chi connectivity index (χ0) is 16.6. The van der Waals surface area contributed by atoms with Gasteiger partial charge in [-0.15, -0.1) is 0 Å². The predicted octanol–water partition coefficient (Wildman–Crippen LogP) is 2.92. The smallest absolute Gasteiger partial charge is 0.361 e. The van der Waals surface area contributed by atoms with E-state index in [1.54, 1.807) is 18.3 Å². The Hall–Kier alpha value is -2.02. The first-order valence-electron chi connectivity index (χ1n) is 7.50. The van der Waals surface area contributed by atoms with E-state index < -0.39 is 12.2 Å². The summed E-state index contributed by atoms with van der Waals surface area (Å²) in [6, 6.07) is 5.55. The minimum absolute atomic E-state index is 0.00233. The Balaban J connectivity index is 1.69. The van der Waals surface area contributed by atoms with Gasteiger partial charge in [-0.3, -0.25) is 9.69 Å². The van der Waals surface area contributed by atoms with Crippen molar-refractivity contribution < 1.29 is 18.0 Å². The monoisotopic (exact) mass is 325 g/mol. The van der Waals surface area contributed by atoms with Crippen molar-refractivity contribution in [1.29, 1.82) is 0 Å². The lowest BCUT2D eigenvalue weighted by Gasteiger charge is -2.38. The van der Waals surface area contributed by atoms with Crippen molar-refractivity contribution >= 4 is 16.8 Å². The molecule has 2 N–H and O–H groups in total. The molecule has 3 rings (SSSR count). The number of likely N-dealkylation sites (N-methyl/N-ethyl adjacent to an activating group) is 1. The van der Waals surface area contributed by atoms with Crippen molar-refractivity contribution in [3.8, 4) is 0 Å². The van der Waals surface area contributed by atoms with Crippen molar-refractivity contribution in [1.82, 2.24) is 15.2 Å². The first-order valence-corrected chi connectivity index (χ1v) is 7.50. The summed E-state index contributed by atoms with van der Waals surface area (Å²) in [4.78, 5) is 16.7. The Morgan fingerprint density at radius 1 is 1.30 bits per heavy atom. The summed E-state index contributed by atoms with van der Waals surface area (Å²) in [5.74, 6) is -0.262. The first kappa shape index (κ1) is 15.9. The number of likely N-dealkylation sites (tertiary alicyclic amines) is 1. The van der Waals surface area contributed by atoms with E-state index in [1.807, 2.05) is 12.1 Å². The van der Waals surface area contributed by atoms with E-state index in [0.717, 1.165) is 10.9 Å². The highest BCUT2D eigenvalue weighted by Crippen LogP contribution is 2.31. The second-order valence-electron chi connectivity index (χ2n) is 5.99. The van der Waals surface area contributed by atoms with Gasteiger partial charge in [-0.05, 0) is 32.0 Å². The highest BCUT2D eigenvalue weighted by atomic mass is 19.4. The molecule has 1 fully saturated rings. The average Bonchev–Trinajstić information content (AvgIpc) is 2.94. The number of nitrogens with one attached hydrogen (secondary N) is 2. The number of amides is 1. The molecular weight excluding hydrogens is 307 g/mol. The molecule has 7 heteroatoms. The molecule has 2 atom stereocenters. The third kappa shape index (κ3) is 3.19. The second kappa shape index (κ2) is 5.88. The molecule has 2 heterocycles. The minimum Gasteiger partial charge on any atom is -0.361 e. The number of fused-ring (bicyclic) bond motifs is 1. The fourth-order valence-electron chi connectivity index (χ4n) is 3.21. The molecule has 0 saturated carbocycles. The summed E-state index contributed by atoms with van der Waals surface area (Å²) in [5, 5.41) is 3.78. The van der Waals surface area contributed by atoms with E-state index >= 15 is 0 Å². The number of aromatic nitrogens is 1. The van der Waals surface area contributed by atoms with Gasteiger partial charge in [0.15, 0.2) is 0 Å². The molecular formula is C16H18F3N3O. The number of carbonyl (C=O) groups excluding carboxylic acids is 1. The molecule has 0 aliphatic carbocycles. The molecule has 1 aromatic carbocycles. The molecule has 0 unspecified atom stereocenters. The number of H-pyrrole nitrogens is 1. The van der Waals surface area contributed by atoms with E-state index in [2.05, 4.69) is 10.3 Å². The molecule has 124 valence electrons. The third-order valence-corrected chi connectivity index (χ3v) is 4.37. The lowest BCUT2D eigenvalue weighted by atomic mass is 9.98. The summed E-state index contributed by atoms with van der Waals surface area (Å²) in [5.41, 5.74) is 1.25. The van der Waals surface area contributed by atoms with Gasteiger partial charge >= 0.3 is 6.18 Å². The number of hydrogen-bond acceptors (Lipinski definition) is 2. The Bertz CT molecular complexity index is 710.